The van der Waals surface area contributed by atoms with E-state index >= 15 is 4.39 Å². The van der Waals surface area contributed by atoms with Gasteiger partial charge in [0.1, 0.15) is 23.1 Å². The summed E-state index contributed by atoms with van der Waals surface area (Å²) in [4.78, 5) is 18.1. The van der Waals surface area contributed by atoms with Gasteiger partial charge in [-0.25, -0.2) is 9.37 Å². The second-order valence-electron chi connectivity index (χ2n) is 11.7. The van der Waals surface area contributed by atoms with Crippen LogP contribution in [0.5, 0.6) is 11.5 Å². The minimum absolute atomic E-state index is 0.138. The Labute approximate surface area is 291 Å². The number of carbonyl (C=O) groups excluding carboxylic acids is 1. The van der Waals surface area contributed by atoms with Crippen molar-refractivity contribution < 1.29 is 41.3 Å². The molecule has 2 heterocycles. The van der Waals surface area contributed by atoms with E-state index in [1.54, 1.807) is 47.0 Å². The summed E-state index contributed by atoms with van der Waals surface area (Å²) in [5.41, 5.74) is 8.76. The largest absolute Gasteiger partial charge is 0.497 e. The first kappa shape index (κ1) is 35.6. The highest BCUT2D eigenvalue weighted by atomic mass is 19.4. The first-order chi connectivity index (χ1) is 24.6. The molecule has 0 saturated carbocycles. The number of imidazole rings is 1. The summed E-state index contributed by atoms with van der Waals surface area (Å²) in [5, 5.41) is 2.87. The molecule has 0 unspecified atom stereocenters. The molecule has 6 rings (SSSR count). The van der Waals surface area contributed by atoms with Gasteiger partial charge in [-0.2, -0.15) is 13.2 Å². The second-order valence-corrected chi connectivity index (χ2v) is 11.7. The predicted molar refractivity (Wildman–Crippen MR) is 184 cm³/mol. The van der Waals surface area contributed by atoms with Crippen LogP contribution in [0.3, 0.4) is 0 Å². The molecule has 5 aromatic rings. The fourth-order valence-corrected chi connectivity index (χ4v) is 6.04. The number of nitrogens with zero attached hydrogens (tertiary/aromatic N) is 2. The van der Waals surface area contributed by atoms with Gasteiger partial charge in [-0.1, -0.05) is 18.2 Å². The minimum atomic E-state index is -4.59. The third-order valence-electron chi connectivity index (χ3n) is 8.49. The summed E-state index contributed by atoms with van der Waals surface area (Å²) in [6, 6.07) is 19.9. The van der Waals surface area contributed by atoms with Gasteiger partial charge in [-0.15, -0.1) is 0 Å². The molecule has 0 aliphatic carbocycles. The molecule has 13 heteroatoms. The third kappa shape index (κ3) is 7.60. The number of aromatic nitrogens is 2. The molecule has 3 N–H and O–H groups in total. The van der Waals surface area contributed by atoms with Gasteiger partial charge in [0.05, 0.1) is 64.1 Å². The van der Waals surface area contributed by atoms with Gasteiger partial charge in [0, 0.05) is 41.4 Å². The summed E-state index contributed by atoms with van der Waals surface area (Å²) in [7, 11) is 2.96. The lowest BCUT2D eigenvalue weighted by Gasteiger charge is -2.14. The lowest BCUT2D eigenvalue weighted by Crippen LogP contribution is -2.27. The number of benzene rings is 4. The Hall–Kier alpha value is -5.24. The van der Waals surface area contributed by atoms with Crippen LogP contribution in [0, 0.1) is 5.82 Å². The Kier molecular flexibility index (Phi) is 10.7. The molecule has 1 amide bonds. The number of rotatable bonds is 13. The van der Waals surface area contributed by atoms with Crippen molar-refractivity contribution in [1.29, 1.82) is 0 Å². The number of hydrogen-bond donors (Lipinski definition) is 2. The van der Waals surface area contributed by atoms with E-state index < -0.39 is 17.6 Å². The molecule has 1 aromatic heterocycles. The predicted octanol–water partition coefficient (Wildman–Crippen LogP) is 6.81. The SMILES string of the molecule is COc1ccc(-c2nc(-c3cccc(C(F)(F)F)c3)n3c2-c2ccc(OC)cc2-c2cc(C(=O)NCCOCCOCCN)ccc2C3)c(F)c1. The van der Waals surface area contributed by atoms with Gasteiger partial charge >= 0.3 is 6.18 Å². The highest BCUT2D eigenvalue weighted by Gasteiger charge is 2.33. The van der Waals surface area contributed by atoms with Crippen LogP contribution in [-0.4, -0.2) is 69.2 Å². The van der Waals surface area contributed by atoms with Crippen LogP contribution in [0.4, 0.5) is 17.6 Å². The second kappa shape index (κ2) is 15.3. The van der Waals surface area contributed by atoms with E-state index in [9.17, 15) is 18.0 Å². The molecule has 1 aliphatic rings. The summed E-state index contributed by atoms with van der Waals surface area (Å²) < 4.78 is 80.8. The Morgan fingerprint density at radius 2 is 1.57 bits per heavy atom. The maximum Gasteiger partial charge on any atom is 0.416 e. The van der Waals surface area contributed by atoms with E-state index in [0.29, 0.717) is 65.8 Å². The summed E-state index contributed by atoms with van der Waals surface area (Å²) in [6.07, 6.45) is -4.59. The lowest BCUT2D eigenvalue weighted by atomic mass is 9.92. The number of alkyl halides is 3. The van der Waals surface area contributed by atoms with Crippen molar-refractivity contribution in [2.75, 3.05) is 53.7 Å². The van der Waals surface area contributed by atoms with E-state index in [0.717, 1.165) is 17.7 Å². The fraction of sp³-hybridized carbons (Fsp3) is 0.263. The van der Waals surface area contributed by atoms with E-state index in [-0.39, 0.29) is 48.2 Å². The van der Waals surface area contributed by atoms with Gasteiger partial charge in [0.2, 0.25) is 0 Å². The number of amides is 1. The van der Waals surface area contributed by atoms with Gasteiger partial charge in [-0.3, -0.25) is 4.79 Å². The number of ether oxygens (including phenoxy) is 4. The highest BCUT2D eigenvalue weighted by molar-refractivity contribution is 5.98. The minimum Gasteiger partial charge on any atom is -0.497 e. The molecule has 9 nitrogen and oxygen atoms in total. The van der Waals surface area contributed by atoms with Crippen molar-refractivity contribution in [3.8, 4) is 56.5 Å². The van der Waals surface area contributed by atoms with Crippen LogP contribution < -0.4 is 20.5 Å². The monoisotopic (exact) mass is 704 g/mol. The Bertz CT molecular complexity index is 2050. The Morgan fingerprint density at radius 1 is 0.843 bits per heavy atom. The number of carbonyl (C=O) groups is 1. The zero-order valence-corrected chi connectivity index (χ0v) is 28.0. The van der Waals surface area contributed by atoms with Gasteiger partial charge in [-0.05, 0) is 71.3 Å². The number of nitrogens with two attached hydrogens (primary N) is 1. The molecule has 4 aromatic carbocycles. The van der Waals surface area contributed by atoms with Crippen LogP contribution in [0.25, 0.3) is 45.0 Å². The van der Waals surface area contributed by atoms with Gasteiger partial charge in [0.25, 0.3) is 5.91 Å². The summed E-state index contributed by atoms with van der Waals surface area (Å²) >= 11 is 0. The topological polar surface area (TPSA) is 110 Å². The molecule has 266 valence electrons. The number of halogens is 4. The molecule has 0 fully saturated rings. The van der Waals surface area contributed by atoms with Crippen LogP contribution in [0.15, 0.2) is 78.9 Å². The van der Waals surface area contributed by atoms with Crippen LogP contribution in [-0.2, 0) is 22.2 Å². The lowest BCUT2D eigenvalue weighted by molar-refractivity contribution is -0.137. The van der Waals surface area contributed by atoms with Crippen LogP contribution in [0.2, 0.25) is 0 Å². The first-order valence-electron chi connectivity index (χ1n) is 16.2. The van der Waals surface area contributed by atoms with Crippen molar-refractivity contribution in [1.82, 2.24) is 14.9 Å². The first-order valence-corrected chi connectivity index (χ1v) is 16.2. The number of hydrogen-bond acceptors (Lipinski definition) is 7. The standard InChI is InChI=1S/C38H36F4N4O5/c1-48-27-8-10-29-32(20-27)31-19-24(37(47)44-13-15-51-17-16-50-14-12-43)6-7-25(31)22-46-35(29)34(30-11-9-28(49-2)21-33(30)39)45-36(46)23-4-3-5-26(18-23)38(40,41)42/h3-11,18-21H,12-17,22,43H2,1-2H3,(H,44,47). The van der Waals surface area contributed by atoms with E-state index in [1.807, 2.05) is 6.07 Å². The molecule has 0 saturated heterocycles. The smallest absolute Gasteiger partial charge is 0.416 e. The van der Waals surface area contributed by atoms with Crippen LogP contribution >= 0.6 is 0 Å². The maximum atomic E-state index is 15.8. The van der Waals surface area contributed by atoms with E-state index in [4.69, 9.17) is 29.7 Å². The average Bonchev–Trinajstić information content (AvgIpc) is 3.43. The zero-order valence-electron chi connectivity index (χ0n) is 28.0. The molecule has 0 atom stereocenters. The third-order valence-corrected chi connectivity index (χ3v) is 8.49. The van der Waals surface area contributed by atoms with Crippen molar-refractivity contribution in [2.45, 2.75) is 12.7 Å². The van der Waals surface area contributed by atoms with E-state index in [2.05, 4.69) is 5.32 Å². The summed E-state index contributed by atoms with van der Waals surface area (Å²) in [5.74, 6) is 0.109. The maximum absolute atomic E-state index is 15.8. The zero-order chi connectivity index (χ0) is 36.1. The molecule has 0 spiro atoms. The Morgan fingerprint density at radius 3 is 2.27 bits per heavy atom. The van der Waals surface area contributed by atoms with Crippen molar-refractivity contribution >= 4 is 5.91 Å². The molecular weight excluding hydrogens is 668 g/mol. The fourth-order valence-electron chi connectivity index (χ4n) is 6.04. The highest BCUT2D eigenvalue weighted by Crippen LogP contribution is 2.47. The van der Waals surface area contributed by atoms with E-state index in [1.165, 1.54) is 32.4 Å². The molecule has 0 bridgehead atoms. The molecule has 51 heavy (non-hydrogen) atoms. The quantitative estimate of drug-likeness (QED) is 0.100. The number of nitrogens with one attached hydrogen (secondary N) is 1. The number of fused-ring (bicyclic) bond motifs is 5. The van der Waals surface area contributed by atoms with Crippen LogP contribution in [0.1, 0.15) is 21.5 Å². The van der Waals surface area contributed by atoms with Crippen molar-refractivity contribution in [3.05, 3.63) is 101 Å². The van der Waals surface area contributed by atoms with Crippen molar-refractivity contribution in [3.63, 3.8) is 0 Å². The molecule has 0 radical (unpaired) electrons. The average molecular weight is 705 g/mol. The Balaban J connectivity index is 1.46. The molecule has 1 aliphatic heterocycles. The van der Waals surface area contributed by atoms with Gasteiger partial charge < -0.3 is 34.6 Å². The van der Waals surface area contributed by atoms with Crippen molar-refractivity contribution in [2.24, 2.45) is 5.73 Å². The van der Waals surface area contributed by atoms with Gasteiger partial charge in [0.15, 0.2) is 0 Å². The normalized spacial score (nSPS) is 12.1. The summed E-state index contributed by atoms with van der Waals surface area (Å²) in [6.45, 7) is 2.35. The number of methoxy groups -OCH3 is 2. The molecular formula is C38H36F4N4O5.